The van der Waals surface area contributed by atoms with Crippen molar-refractivity contribution in [1.29, 1.82) is 0 Å². The van der Waals surface area contributed by atoms with Crippen LogP contribution in [-0.4, -0.2) is 61.5 Å². The Labute approximate surface area is 353 Å². The van der Waals surface area contributed by atoms with E-state index in [4.69, 9.17) is 29.0 Å². The van der Waals surface area contributed by atoms with Crippen LogP contribution in [0, 0.1) is 0 Å². The summed E-state index contributed by atoms with van der Waals surface area (Å²) in [5, 5.41) is 0. The first-order valence-corrected chi connectivity index (χ1v) is 24.4. The van der Waals surface area contributed by atoms with Crippen LogP contribution in [0.3, 0.4) is 0 Å². The van der Waals surface area contributed by atoms with Gasteiger partial charge in [0, 0.05) is 19.4 Å². The minimum absolute atomic E-state index is 0.0381. The van der Waals surface area contributed by atoms with Crippen molar-refractivity contribution in [2.45, 2.75) is 199 Å². The quantitative estimate of drug-likeness (QED) is 0.0200. The number of nitrogens with two attached hydrogens (primary N) is 1. The van der Waals surface area contributed by atoms with E-state index in [1.165, 1.54) is 77.0 Å². The predicted molar refractivity (Wildman–Crippen MR) is 237 cm³/mol. The lowest BCUT2D eigenvalue weighted by molar-refractivity contribution is -0.161. The zero-order valence-electron chi connectivity index (χ0n) is 36.5. The van der Waals surface area contributed by atoms with Crippen molar-refractivity contribution in [2.75, 3.05) is 26.4 Å². The van der Waals surface area contributed by atoms with Gasteiger partial charge >= 0.3 is 19.8 Å². The van der Waals surface area contributed by atoms with Gasteiger partial charge in [0.1, 0.15) is 6.61 Å². The summed E-state index contributed by atoms with van der Waals surface area (Å²) in [6.45, 7) is 3.58. The second kappa shape index (κ2) is 38.8. The normalized spacial score (nSPS) is 17.3. The van der Waals surface area contributed by atoms with Crippen LogP contribution in [0.1, 0.15) is 181 Å². The molecule has 1 aliphatic rings. The number of unbranched alkanes of at least 4 members (excludes halogenated alkanes) is 15. The molecule has 0 spiro atoms. The van der Waals surface area contributed by atoms with Gasteiger partial charge in [0.05, 0.1) is 25.4 Å². The molecule has 1 rings (SSSR count). The molecule has 4 atom stereocenters. The van der Waals surface area contributed by atoms with Gasteiger partial charge in [0.25, 0.3) is 0 Å². The first-order valence-electron chi connectivity index (χ1n) is 22.9. The summed E-state index contributed by atoms with van der Waals surface area (Å²) in [6, 6.07) is 0. The van der Waals surface area contributed by atoms with Crippen LogP contribution in [0.25, 0.3) is 0 Å². The van der Waals surface area contributed by atoms with E-state index in [1.807, 2.05) is 0 Å². The van der Waals surface area contributed by atoms with Crippen LogP contribution >= 0.6 is 7.82 Å². The molecule has 1 fully saturated rings. The van der Waals surface area contributed by atoms with Crippen molar-refractivity contribution < 1.29 is 42.3 Å². The average molecular weight is 836 g/mol. The Kier molecular flexibility index (Phi) is 36.0. The van der Waals surface area contributed by atoms with E-state index in [0.717, 1.165) is 64.2 Å². The standard InChI is InChI=1S/C47H82NO9P/c1-3-5-7-9-11-13-15-17-18-19-20-21-22-23-25-27-29-31-33-37-46(49)53-41-43(42-55-58(51,52)54-40-39-48)56-47(50)38-34-36-45-44(57-45)35-32-30-28-26-24-16-14-12-10-8-6-4-2/h11-14,17-18,24,26,30,32,43-45H,3-10,15-16,19-23,25,27-29,31,33-42,48H2,1-2H3,(H,51,52)/b13-11-,14-12-,18-17-,26-24-,32-30-/t43-,44?,45?/m1/s1. The number of carbonyl (C=O) groups is 2. The summed E-state index contributed by atoms with van der Waals surface area (Å²) in [5.41, 5.74) is 5.35. The van der Waals surface area contributed by atoms with Crippen LogP contribution in [0.5, 0.6) is 0 Å². The van der Waals surface area contributed by atoms with Crippen molar-refractivity contribution in [2.24, 2.45) is 5.73 Å². The number of ether oxygens (including phenoxy) is 3. The van der Waals surface area contributed by atoms with Crippen LogP contribution in [-0.2, 0) is 37.4 Å². The summed E-state index contributed by atoms with van der Waals surface area (Å²) < 4.78 is 38.6. The maximum atomic E-state index is 12.7. The van der Waals surface area contributed by atoms with Gasteiger partial charge in [0.15, 0.2) is 6.10 Å². The molecule has 1 aliphatic heterocycles. The van der Waals surface area contributed by atoms with Crippen molar-refractivity contribution >= 4 is 19.8 Å². The summed E-state index contributed by atoms with van der Waals surface area (Å²) in [6.07, 6.45) is 48.4. The van der Waals surface area contributed by atoms with Gasteiger partial charge in [-0.25, -0.2) is 4.57 Å². The molecule has 3 unspecified atom stereocenters. The van der Waals surface area contributed by atoms with Gasteiger partial charge < -0.3 is 24.8 Å². The number of epoxide rings is 1. The third kappa shape index (κ3) is 35.6. The maximum absolute atomic E-state index is 12.7. The number of phosphoric ester groups is 1. The van der Waals surface area contributed by atoms with E-state index >= 15 is 0 Å². The maximum Gasteiger partial charge on any atom is 0.472 e. The van der Waals surface area contributed by atoms with E-state index in [2.05, 4.69) is 74.6 Å². The fraction of sp³-hybridized carbons (Fsp3) is 0.745. The predicted octanol–water partition coefficient (Wildman–Crippen LogP) is 12.3. The largest absolute Gasteiger partial charge is 0.472 e. The number of rotatable bonds is 41. The van der Waals surface area contributed by atoms with E-state index in [1.54, 1.807) is 0 Å². The lowest BCUT2D eigenvalue weighted by Crippen LogP contribution is -2.29. The van der Waals surface area contributed by atoms with E-state index in [9.17, 15) is 19.0 Å². The Morgan fingerprint density at radius 1 is 0.621 bits per heavy atom. The Bertz CT molecular complexity index is 1200. The summed E-state index contributed by atoms with van der Waals surface area (Å²) >= 11 is 0. The van der Waals surface area contributed by atoms with E-state index in [-0.39, 0.29) is 44.8 Å². The highest BCUT2D eigenvalue weighted by Crippen LogP contribution is 2.43. The Hall–Kier alpha value is -2.33. The lowest BCUT2D eigenvalue weighted by Gasteiger charge is -2.19. The zero-order chi connectivity index (χ0) is 42.2. The topological polar surface area (TPSA) is 147 Å². The summed E-state index contributed by atoms with van der Waals surface area (Å²) in [4.78, 5) is 35.0. The van der Waals surface area contributed by atoms with E-state index < -0.39 is 32.5 Å². The van der Waals surface area contributed by atoms with E-state index in [0.29, 0.717) is 12.8 Å². The minimum atomic E-state index is -4.41. The van der Waals surface area contributed by atoms with Gasteiger partial charge in [-0.1, -0.05) is 145 Å². The van der Waals surface area contributed by atoms with Gasteiger partial charge in [-0.05, 0) is 83.5 Å². The molecule has 334 valence electrons. The molecule has 3 N–H and O–H groups in total. The number of hydrogen-bond acceptors (Lipinski definition) is 9. The van der Waals surface area contributed by atoms with Crippen molar-refractivity contribution in [3.8, 4) is 0 Å². The highest BCUT2D eigenvalue weighted by molar-refractivity contribution is 7.47. The van der Waals surface area contributed by atoms with Gasteiger partial charge in [-0.2, -0.15) is 0 Å². The molecular formula is C47H82NO9P. The monoisotopic (exact) mass is 836 g/mol. The highest BCUT2D eigenvalue weighted by Gasteiger charge is 2.37. The second-order valence-electron chi connectivity index (χ2n) is 15.3. The minimum Gasteiger partial charge on any atom is -0.462 e. The highest BCUT2D eigenvalue weighted by atomic mass is 31.2. The van der Waals surface area contributed by atoms with Crippen LogP contribution in [0.15, 0.2) is 60.8 Å². The molecule has 0 amide bonds. The molecule has 0 bridgehead atoms. The summed E-state index contributed by atoms with van der Waals surface area (Å²) in [5.74, 6) is -0.912. The molecule has 0 radical (unpaired) electrons. The van der Waals surface area contributed by atoms with Gasteiger partial charge in [0.2, 0.25) is 0 Å². The fourth-order valence-electron chi connectivity index (χ4n) is 6.28. The van der Waals surface area contributed by atoms with Crippen molar-refractivity contribution in [3.05, 3.63) is 60.8 Å². The molecule has 0 saturated carbocycles. The first kappa shape index (κ1) is 53.7. The molecule has 11 heteroatoms. The second-order valence-corrected chi connectivity index (χ2v) is 16.8. The number of allylic oxidation sites excluding steroid dienone is 9. The molecule has 0 aromatic heterocycles. The average Bonchev–Trinajstić information content (AvgIpc) is 3.97. The molecule has 0 aromatic carbocycles. The summed E-state index contributed by atoms with van der Waals surface area (Å²) in [7, 11) is -4.41. The third-order valence-corrected chi connectivity index (χ3v) is 10.8. The van der Waals surface area contributed by atoms with Crippen molar-refractivity contribution in [3.63, 3.8) is 0 Å². The smallest absolute Gasteiger partial charge is 0.462 e. The molecule has 0 aromatic rings. The first-order chi connectivity index (χ1) is 28.3. The molecule has 1 saturated heterocycles. The number of phosphoric acid groups is 1. The van der Waals surface area contributed by atoms with Gasteiger partial charge in [-0.3, -0.25) is 18.6 Å². The molecular weight excluding hydrogens is 753 g/mol. The number of esters is 2. The third-order valence-electron chi connectivity index (χ3n) is 9.80. The van der Waals surface area contributed by atoms with Gasteiger partial charge in [-0.15, -0.1) is 0 Å². The molecule has 1 heterocycles. The molecule has 0 aliphatic carbocycles. The number of carbonyl (C=O) groups excluding carboxylic acids is 2. The molecule has 58 heavy (non-hydrogen) atoms. The van der Waals surface area contributed by atoms with Crippen LogP contribution < -0.4 is 5.73 Å². The Morgan fingerprint density at radius 2 is 1.12 bits per heavy atom. The van der Waals surface area contributed by atoms with Crippen LogP contribution in [0.4, 0.5) is 0 Å². The fourth-order valence-corrected chi connectivity index (χ4v) is 7.05. The lowest BCUT2D eigenvalue weighted by atomic mass is 10.1. The Morgan fingerprint density at radius 3 is 1.69 bits per heavy atom. The zero-order valence-corrected chi connectivity index (χ0v) is 37.4. The Balaban J connectivity index is 2.21. The van der Waals surface area contributed by atoms with Crippen LogP contribution in [0.2, 0.25) is 0 Å². The SMILES string of the molecule is CCCCC/C=C\C/C=C\C/C=C\CC1OC1CCCC(=O)O[C@H](COC(=O)CCCCCCCCCCC/C=C\C/C=C\CCCCC)COP(=O)(O)OCCN. The molecule has 10 nitrogen and oxygen atoms in total. The number of hydrogen-bond donors (Lipinski definition) is 2. The van der Waals surface area contributed by atoms with Crippen molar-refractivity contribution in [1.82, 2.24) is 0 Å².